The summed E-state index contributed by atoms with van der Waals surface area (Å²) in [5.74, 6) is 0.878. The van der Waals surface area contributed by atoms with E-state index in [1.807, 2.05) is 44.2 Å². The van der Waals surface area contributed by atoms with E-state index in [4.69, 9.17) is 4.74 Å². The van der Waals surface area contributed by atoms with Gasteiger partial charge in [-0.3, -0.25) is 14.5 Å². The Morgan fingerprint density at radius 2 is 1.63 bits per heavy atom. The number of ether oxygens (including phenoxy) is 1. The number of rotatable bonds is 3. The molecule has 4 heteroatoms. The van der Waals surface area contributed by atoms with Gasteiger partial charge in [-0.2, -0.15) is 0 Å². The van der Waals surface area contributed by atoms with Crippen LogP contribution in [-0.2, 0) is 9.59 Å². The summed E-state index contributed by atoms with van der Waals surface area (Å²) in [6, 6.07) is 13.1. The molecule has 0 unspecified atom stereocenters. The minimum Gasteiger partial charge on any atom is -0.457 e. The number of amides is 2. The number of benzene rings is 2. The van der Waals surface area contributed by atoms with Gasteiger partial charge in [0.05, 0.1) is 17.5 Å². The molecule has 27 heavy (non-hydrogen) atoms. The molecule has 3 atom stereocenters. The molecule has 4 rings (SSSR count). The van der Waals surface area contributed by atoms with Gasteiger partial charge in [-0.1, -0.05) is 25.1 Å². The molecule has 2 aromatic carbocycles. The standard InChI is InChI=1S/C23H23NO3/c1-14-7-10-19(13-16(14)3)27-18-11-8-17(9-12-18)24-22(25)20-6-4-5-15(2)21(20)23(24)26/h4-5,7-13,15,20-21H,6H2,1-3H3/t15-,20-,21-/m1/s1. The lowest BCUT2D eigenvalue weighted by molar-refractivity contribution is -0.122. The highest BCUT2D eigenvalue weighted by atomic mass is 16.5. The third-order valence-corrected chi connectivity index (χ3v) is 5.68. The molecule has 2 aliphatic rings. The fourth-order valence-electron chi connectivity index (χ4n) is 3.98. The normalized spacial score (nSPS) is 24.3. The number of allylic oxidation sites excluding steroid dienone is 2. The van der Waals surface area contributed by atoms with E-state index in [0.717, 1.165) is 5.75 Å². The minimum atomic E-state index is -0.242. The third kappa shape index (κ3) is 3.05. The van der Waals surface area contributed by atoms with E-state index >= 15 is 0 Å². The van der Waals surface area contributed by atoms with Crippen LogP contribution >= 0.6 is 0 Å². The zero-order chi connectivity index (χ0) is 19.1. The summed E-state index contributed by atoms with van der Waals surface area (Å²) in [6.45, 7) is 6.11. The van der Waals surface area contributed by atoms with Crippen molar-refractivity contribution in [2.45, 2.75) is 27.2 Å². The van der Waals surface area contributed by atoms with Crippen LogP contribution in [0, 0.1) is 31.6 Å². The van der Waals surface area contributed by atoms with Crippen molar-refractivity contribution in [1.29, 1.82) is 0 Å². The van der Waals surface area contributed by atoms with Crippen LogP contribution in [0.15, 0.2) is 54.6 Å². The van der Waals surface area contributed by atoms with Gasteiger partial charge < -0.3 is 4.74 Å². The maximum atomic E-state index is 12.8. The van der Waals surface area contributed by atoms with E-state index in [2.05, 4.69) is 6.92 Å². The molecular weight excluding hydrogens is 338 g/mol. The number of aryl methyl sites for hydroxylation is 2. The zero-order valence-corrected chi connectivity index (χ0v) is 15.8. The van der Waals surface area contributed by atoms with Crippen molar-refractivity contribution in [3.63, 3.8) is 0 Å². The van der Waals surface area contributed by atoms with Crippen molar-refractivity contribution >= 4 is 17.5 Å². The molecule has 2 amide bonds. The summed E-state index contributed by atoms with van der Waals surface area (Å²) < 4.78 is 5.90. The number of fused-ring (bicyclic) bond motifs is 1. The molecule has 1 saturated heterocycles. The van der Waals surface area contributed by atoms with Crippen LogP contribution in [0.4, 0.5) is 5.69 Å². The number of nitrogens with zero attached hydrogens (tertiary/aromatic N) is 1. The van der Waals surface area contributed by atoms with Crippen molar-refractivity contribution in [3.8, 4) is 11.5 Å². The molecule has 0 bridgehead atoms. The maximum absolute atomic E-state index is 12.8. The summed E-state index contributed by atoms with van der Waals surface area (Å²) in [4.78, 5) is 27.0. The molecule has 0 aromatic heterocycles. The lowest BCUT2D eigenvalue weighted by Gasteiger charge is -2.22. The second-order valence-corrected chi connectivity index (χ2v) is 7.51. The topological polar surface area (TPSA) is 46.6 Å². The molecule has 0 radical (unpaired) electrons. The molecule has 1 aliphatic heterocycles. The Hall–Kier alpha value is -2.88. The van der Waals surface area contributed by atoms with E-state index in [9.17, 15) is 9.59 Å². The van der Waals surface area contributed by atoms with E-state index in [1.54, 1.807) is 24.3 Å². The number of imide groups is 1. The quantitative estimate of drug-likeness (QED) is 0.583. The molecule has 1 aliphatic carbocycles. The fourth-order valence-corrected chi connectivity index (χ4v) is 3.98. The second kappa shape index (κ2) is 6.69. The largest absolute Gasteiger partial charge is 0.457 e. The Bertz CT molecular complexity index is 929. The van der Waals surface area contributed by atoms with Gasteiger partial charge >= 0.3 is 0 Å². The minimum absolute atomic E-state index is 0.0929. The molecular formula is C23H23NO3. The Labute approximate surface area is 159 Å². The number of hydrogen-bond donors (Lipinski definition) is 0. The summed E-state index contributed by atoms with van der Waals surface area (Å²) in [5, 5.41) is 0. The smallest absolute Gasteiger partial charge is 0.238 e. The monoisotopic (exact) mass is 361 g/mol. The average molecular weight is 361 g/mol. The summed E-state index contributed by atoms with van der Waals surface area (Å²) >= 11 is 0. The van der Waals surface area contributed by atoms with Gasteiger partial charge in [0.15, 0.2) is 0 Å². The van der Waals surface area contributed by atoms with Gasteiger partial charge in [0.1, 0.15) is 11.5 Å². The van der Waals surface area contributed by atoms with Gasteiger partial charge in [-0.25, -0.2) is 0 Å². The Balaban J connectivity index is 1.55. The molecule has 4 nitrogen and oxygen atoms in total. The first-order chi connectivity index (χ1) is 13.0. The molecule has 1 heterocycles. The fraction of sp³-hybridized carbons (Fsp3) is 0.304. The maximum Gasteiger partial charge on any atom is 0.238 e. The third-order valence-electron chi connectivity index (χ3n) is 5.68. The predicted molar refractivity (Wildman–Crippen MR) is 105 cm³/mol. The number of carbonyl (C=O) groups is 2. The van der Waals surface area contributed by atoms with Gasteiger partial charge in [0, 0.05) is 0 Å². The van der Waals surface area contributed by atoms with Crippen LogP contribution in [0.1, 0.15) is 24.5 Å². The first-order valence-corrected chi connectivity index (χ1v) is 9.35. The Morgan fingerprint density at radius 3 is 2.30 bits per heavy atom. The Kier molecular flexibility index (Phi) is 4.34. The molecule has 1 fully saturated rings. The van der Waals surface area contributed by atoms with Crippen LogP contribution in [-0.4, -0.2) is 11.8 Å². The zero-order valence-electron chi connectivity index (χ0n) is 15.8. The van der Waals surface area contributed by atoms with E-state index < -0.39 is 0 Å². The van der Waals surface area contributed by atoms with Crippen LogP contribution in [0.5, 0.6) is 11.5 Å². The molecule has 138 valence electrons. The van der Waals surface area contributed by atoms with Gasteiger partial charge in [-0.15, -0.1) is 0 Å². The highest BCUT2D eigenvalue weighted by Gasteiger charge is 2.50. The van der Waals surface area contributed by atoms with E-state index in [0.29, 0.717) is 17.9 Å². The molecule has 2 aromatic rings. The second-order valence-electron chi connectivity index (χ2n) is 7.51. The van der Waals surface area contributed by atoms with E-state index in [-0.39, 0.29) is 29.6 Å². The van der Waals surface area contributed by atoms with Crippen molar-refractivity contribution in [2.75, 3.05) is 4.90 Å². The van der Waals surface area contributed by atoms with Crippen molar-refractivity contribution in [2.24, 2.45) is 17.8 Å². The molecule has 0 saturated carbocycles. The first kappa shape index (κ1) is 17.5. The molecule has 0 N–H and O–H groups in total. The molecule has 0 spiro atoms. The van der Waals surface area contributed by atoms with Crippen molar-refractivity contribution < 1.29 is 14.3 Å². The van der Waals surface area contributed by atoms with Gasteiger partial charge in [-0.05, 0) is 73.7 Å². The number of anilines is 1. The highest BCUT2D eigenvalue weighted by Crippen LogP contribution is 2.40. The highest BCUT2D eigenvalue weighted by molar-refractivity contribution is 6.22. The van der Waals surface area contributed by atoms with Crippen molar-refractivity contribution in [1.82, 2.24) is 0 Å². The predicted octanol–water partition coefficient (Wildman–Crippen LogP) is 4.80. The summed E-state index contributed by atoms with van der Waals surface area (Å²) in [5.41, 5.74) is 3.00. The van der Waals surface area contributed by atoms with Gasteiger partial charge in [0.2, 0.25) is 11.8 Å². The van der Waals surface area contributed by atoms with Crippen LogP contribution in [0.2, 0.25) is 0 Å². The van der Waals surface area contributed by atoms with Gasteiger partial charge in [0.25, 0.3) is 0 Å². The number of carbonyl (C=O) groups excluding carboxylic acids is 2. The SMILES string of the molecule is Cc1ccc(Oc2ccc(N3C(=O)[C@@H]4[C@H](C)C=CC[C@H]4C3=O)cc2)cc1C. The van der Waals surface area contributed by atoms with Crippen LogP contribution in [0.3, 0.4) is 0 Å². The lowest BCUT2D eigenvalue weighted by Crippen LogP contribution is -2.31. The first-order valence-electron chi connectivity index (χ1n) is 9.35. The summed E-state index contributed by atoms with van der Waals surface area (Å²) in [7, 11) is 0. The average Bonchev–Trinajstić information content (AvgIpc) is 2.91. The lowest BCUT2D eigenvalue weighted by atomic mass is 9.78. The Morgan fingerprint density at radius 1 is 0.926 bits per heavy atom. The van der Waals surface area contributed by atoms with Crippen LogP contribution < -0.4 is 9.64 Å². The summed E-state index contributed by atoms with van der Waals surface area (Å²) in [6.07, 6.45) is 4.70. The van der Waals surface area contributed by atoms with E-state index in [1.165, 1.54) is 16.0 Å². The number of hydrogen-bond acceptors (Lipinski definition) is 3. The van der Waals surface area contributed by atoms with Crippen LogP contribution in [0.25, 0.3) is 0 Å². The van der Waals surface area contributed by atoms with Crippen molar-refractivity contribution in [3.05, 3.63) is 65.7 Å².